The lowest BCUT2D eigenvalue weighted by Gasteiger charge is -2.16. The van der Waals surface area contributed by atoms with Crippen LogP contribution in [-0.2, 0) is 11.3 Å². The Morgan fingerprint density at radius 2 is 2.14 bits per heavy atom. The van der Waals surface area contributed by atoms with Crippen LogP contribution in [0.5, 0.6) is 0 Å². The van der Waals surface area contributed by atoms with Crippen molar-refractivity contribution in [3.8, 4) is 0 Å². The van der Waals surface area contributed by atoms with E-state index in [1.54, 1.807) is 19.4 Å². The van der Waals surface area contributed by atoms with Crippen molar-refractivity contribution >= 4 is 35.8 Å². The summed E-state index contributed by atoms with van der Waals surface area (Å²) >= 11 is 0. The Hall–Kier alpha value is -1.25. The predicted octanol–water partition coefficient (Wildman–Crippen LogP) is 1.62. The van der Waals surface area contributed by atoms with Crippen molar-refractivity contribution in [2.24, 2.45) is 4.99 Å². The van der Waals surface area contributed by atoms with Crippen LogP contribution in [0, 0.1) is 0 Å². The lowest BCUT2D eigenvalue weighted by atomic mass is 10.2. The molecule has 6 nitrogen and oxygen atoms in total. The van der Waals surface area contributed by atoms with Gasteiger partial charge in [-0.3, -0.25) is 9.79 Å². The Balaban J connectivity index is 0.00000220. The number of carbonyl (C=O) groups excluding carboxylic acids is 1. The van der Waals surface area contributed by atoms with Crippen molar-refractivity contribution in [2.75, 3.05) is 13.6 Å². The summed E-state index contributed by atoms with van der Waals surface area (Å²) in [6, 6.07) is 4.11. The number of hydrogen-bond donors (Lipinski definition) is 3. The van der Waals surface area contributed by atoms with Gasteiger partial charge in [0.15, 0.2) is 5.96 Å². The fourth-order valence-corrected chi connectivity index (χ4v) is 2.28. The Morgan fingerprint density at radius 3 is 2.76 bits per heavy atom. The Morgan fingerprint density at radius 1 is 1.38 bits per heavy atom. The summed E-state index contributed by atoms with van der Waals surface area (Å²) in [4.78, 5) is 15.8. The van der Waals surface area contributed by atoms with Gasteiger partial charge in [-0.1, -0.05) is 12.8 Å². The van der Waals surface area contributed by atoms with E-state index in [1.165, 1.54) is 25.7 Å². The third kappa shape index (κ3) is 6.36. The van der Waals surface area contributed by atoms with Gasteiger partial charge in [-0.05, 0) is 25.0 Å². The van der Waals surface area contributed by atoms with Gasteiger partial charge in [-0.25, -0.2) is 0 Å². The van der Waals surface area contributed by atoms with E-state index in [1.807, 2.05) is 6.07 Å². The minimum atomic E-state index is -0.0872. The van der Waals surface area contributed by atoms with Crippen LogP contribution >= 0.6 is 24.0 Å². The number of rotatable bonds is 5. The van der Waals surface area contributed by atoms with Crippen LogP contribution in [0.4, 0.5) is 0 Å². The maximum absolute atomic E-state index is 11.7. The average molecular weight is 406 g/mol. The average Bonchev–Trinajstić information content (AvgIpc) is 3.14. The third-order valence-corrected chi connectivity index (χ3v) is 3.38. The highest BCUT2D eigenvalue weighted by atomic mass is 127. The van der Waals surface area contributed by atoms with Crippen LogP contribution in [-0.4, -0.2) is 31.5 Å². The number of guanidine groups is 1. The molecule has 118 valence electrons. The summed E-state index contributed by atoms with van der Waals surface area (Å²) in [5.74, 6) is 1.34. The van der Waals surface area contributed by atoms with Crippen LogP contribution < -0.4 is 16.0 Å². The third-order valence-electron chi connectivity index (χ3n) is 3.38. The predicted molar refractivity (Wildman–Crippen MR) is 92.7 cm³/mol. The van der Waals surface area contributed by atoms with E-state index in [2.05, 4.69) is 20.9 Å². The first-order valence-corrected chi connectivity index (χ1v) is 7.04. The molecule has 1 fully saturated rings. The summed E-state index contributed by atoms with van der Waals surface area (Å²) in [7, 11) is 1.71. The summed E-state index contributed by atoms with van der Waals surface area (Å²) < 4.78 is 5.15. The molecule has 0 radical (unpaired) electrons. The Bertz CT molecular complexity index is 442. The molecule has 1 aliphatic rings. The van der Waals surface area contributed by atoms with Crippen LogP contribution in [0.25, 0.3) is 0 Å². The largest absolute Gasteiger partial charge is 0.467 e. The number of amides is 1. The monoisotopic (exact) mass is 406 g/mol. The van der Waals surface area contributed by atoms with E-state index >= 15 is 0 Å². The van der Waals surface area contributed by atoms with Gasteiger partial charge in [-0.15, -0.1) is 24.0 Å². The molecule has 1 aromatic rings. The Labute approximate surface area is 142 Å². The molecule has 0 unspecified atom stereocenters. The van der Waals surface area contributed by atoms with E-state index in [0.29, 0.717) is 18.5 Å². The number of furan rings is 1. The van der Waals surface area contributed by atoms with Crippen molar-refractivity contribution in [1.82, 2.24) is 16.0 Å². The first-order chi connectivity index (χ1) is 9.78. The molecule has 1 aliphatic carbocycles. The van der Waals surface area contributed by atoms with Crippen LogP contribution in [0.3, 0.4) is 0 Å². The second kappa shape index (κ2) is 9.64. The van der Waals surface area contributed by atoms with Crippen LogP contribution in [0.1, 0.15) is 31.4 Å². The molecule has 2 rings (SSSR count). The summed E-state index contributed by atoms with van der Waals surface area (Å²) in [5.41, 5.74) is 0. The number of carbonyl (C=O) groups is 1. The zero-order valence-electron chi connectivity index (χ0n) is 12.2. The fourth-order valence-electron chi connectivity index (χ4n) is 2.28. The summed E-state index contributed by atoms with van der Waals surface area (Å²) in [5, 5.41) is 9.13. The number of nitrogens with one attached hydrogen (secondary N) is 3. The SMILES string of the molecule is CN=C(NCC(=O)NCc1ccco1)NC1CCCC1.I. The van der Waals surface area contributed by atoms with Crippen molar-refractivity contribution in [2.45, 2.75) is 38.3 Å². The summed E-state index contributed by atoms with van der Waals surface area (Å²) in [6.07, 6.45) is 6.46. The molecule has 1 amide bonds. The van der Waals surface area contributed by atoms with Gasteiger partial charge in [0.1, 0.15) is 5.76 Å². The molecule has 0 spiro atoms. The molecule has 0 atom stereocenters. The highest BCUT2D eigenvalue weighted by Crippen LogP contribution is 2.17. The van der Waals surface area contributed by atoms with Gasteiger partial charge < -0.3 is 20.4 Å². The standard InChI is InChI=1S/C14H22N4O2.HI/c1-15-14(18-11-5-2-3-6-11)17-10-13(19)16-9-12-7-4-8-20-12;/h4,7-8,11H,2-3,5-6,9-10H2,1H3,(H,16,19)(H2,15,17,18);1H. The van der Waals surface area contributed by atoms with E-state index in [0.717, 1.165) is 5.76 Å². The Kier molecular flexibility index (Phi) is 8.17. The summed E-state index contributed by atoms with van der Waals surface area (Å²) in [6.45, 7) is 0.606. The number of hydrogen-bond acceptors (Lipinski definition) is 3. The van der Waals surface area contributed by atoms with Crippen molar-refractivity contribution in [1.29, 1.82) is 0 Å². The van der Waals surface area contributed by atoms with Gasteiger partial charge in [0, 0.05) is 13.1 Å². The first kappa shape index (κ1) is 17.8. The van der Waals surface area contributed by atoms with Crippen LogP contribution in [0.2, 0.25) is 0 Å². The zero-order chi connectivity index (χ0) is 14.2. The number of nitrogens with zero attached hydrogens (tertiary/aromatic N) is 1. The molecule has 0 aliphatic heterocycles. The maximum Gasteiger partial charge on any atom is 0.239 e. The maximum atomic E-state index is 11.7. The minimum absolute atomic E-state index is 0. The van der Waals surface area contributed by atoms with E-state index in [-0.39, 0.29) is 36.4 Å². The topological polar surface area (TPSA) is 78.7 Å². The van der Waals surface area contributed by atoms with E-state index < -0.39 is 0 Å². The molecule has 1 aromatic heterocycles. The molecule has 21 heavy (non-hydrogen) atoms. The quantitative estimate of drug-likeness (QED) is 0.395. The van der Waals surface area contributed by atoms with Gasteiger partial charge in [0.05, 0.1) is 19.4 Å². The second-order valence-corrected chi connectivity index (χ2v) is 4.91. The van der Waals surface area contributed by atoms with Crippen LogP contribution in [0.15, 0.2) is 27.8 Å². The molecule has 0 bridgehead atoms. The van der Waals surface area contributed by atoms with Gasteiger partial charge in [-0.2, -0.15) is 0 Å². The first-order valence-electron chi connectivity index (χ1n) is 7.04. The molecule has 0 aromatic carbocycles. The smallest absolute Gasteiger partial charge is 0.239 e. The lowest BCUT2D eigenvalue weighted by molar-refractivity contribution is -0.120. The minimum Gasteiger partial charge on any atom is -0.467 e. The van der Waals surface area contributed by atoms with Gasteiger partial charge >= 0.3 is 0 Å². The molecular formula is C14H23IN4O2. The van der Waals surface area contributed by atoms with Crippen molar-refractivity contribution < 1.29 is 9.21 Å². The van der Waals surface area contributed by atoms with Gasteiger partial charge in [0.2, 0.25) is 5.91 Å². The van der Waals surface area contributed by atoms with E-state index in [4.69, 9.17) is 4.42 Å². The molecule has 1 saturated carbocycles. The molecular weight excluding hydrogens is 383 g/mol. The molecule has 3 N–H and O–H groups in total. The highest BCUT2D eigenvalue weighted by molar-refractivity contribution is 14.0. The number of aliphatic imine (C=N–C) groups is 1. The van der Waals surface area contributed by atoms with Crippen molar-refractivity contribution in [3.63, 3.8) is 0 Å². The highest BCUT2D eigenvalue weighted by Gasteiger charge is 2.16. The lowest BCUT2D eigenvalue weighted by Crippen LogP contribution is -2.46. The van der Waals surface area contributed by atoms with Crippen molar-refractivity contribution in [3.05, 3.63) is 24.2 Å². The molecule has 0 saturated heterocycles. The van der Waals surface area contributed by atoms with E-state index in [9.17, 15) is 4.79 Å². The normalized spacial score (nSPS) is 15.4. The molecule has 7 heteroatoms. The van der Waals surface area contributed by atoms with Gasteiger partial charge in [0.25, 0.3) is 0 Å². The number of halogens is 1. The fraction of sp³-hybridized carbons (Fsp3) is 0.571. The zero-order valence-corrected chi connectivity index (χ0v) is 14.6. The molecule has 1 heterocycles. The second-order valence-electron chi connectivity index (χ2n) is 4.91.